The summed E-state index contributed by atoms with van der Waals surface area (Å²) in [6.45, 7) is 0.395. The van der Waals surface area contributed by atoms with Gasteiger partial charge in [-0.25, -0.2) is 4.39 Å². The summed E-state index contributed by atoms with van der Waals surface area (Å²) in [6.07, 6.45) is 5.56. The molecule has 0 unspecified atom stereocenters. The molecule has 1 heterocycles. The lowest BCUT2D eigenvalue weighted by atomic mass is 9.89. The van der Waals surface area contributed by atoms with Gasteiger partial charge in [-0.2, -0.15) is 4.98 Å². The van der Waals surface area contributed by atoms with Crippen LogP contribution in [0.5, 0.6) is 0 Å². The van der Waals surface area contributed by atoms with Gasteiger partial charge < -0.3 is 15.2 Å². The summed E-state index contributed by atoms with van der Waals surface area (Å²) in [7, 11) is 0. The zero-order valence-corrected chi connectivity index (χ0v) is 14.3. The molecule has 0 radical (unpaired) electrons. The molecule has 0 bridgehead atoms. The van der Waals surface area contributed by atoms with Gasteiger partial charge in [0.15, 0.2) is 5.82 Å². The van der Waals surface area contributed by atoms with Crippen molar-refractivity contribution >= 4 is 11.8 Å². The Morgan fingerprint density at radius 3 is 2.58 bits per heavy atom. The molecule has 1 saturated carbocycles. The predicted molar refractivity (Wildman–Crippen MR) is 91.2 cm³/mol. The molecule has 3 rings (SSSR count). The third-order valence-corrected chi connectivity index (χ3v) is 4.39. The molecule has 7 nitrogen and oxygen atoms in total. The highest BCUT2D eigenvalue weighted by molar-refractivity contribution is 5.94. The monoisotopic (exact) mass is 360 g/mol. The summed E-state index contributed by atoms with van der Waals surface area (Å²) in [6, 6.07) is 5.40. The van der Waals surface area contributed by atoms with E-state index in [1.165, 1.54) is 24.6 Å². The Morgan fingerprint density at radius 1 is 1.12 bits per heavy atom. The topological polar surface area (TPSA) is 97.1 Å². The maximum absolute atomic E-state index is 13.1. The molecule has 0 atom stereocenters. The number of carbonyl (C=O) groups excluding carboxylic acids is 2. The van der Waals surface area contributed by atoms with Gasteiger partial charge in [0.05, 0.1) is 0 Å². The Balaban J connectivity index is 1.43. The van der Waals surface area contributed by atoms with Gasteiger partial charge in [-0.05, 0) is 31.0 Å². The normalized spacial score (nSPS) is 14.8. The van der Waals surface area contributed by atoms with Gasteiger partial charge in [-0.1, -0.05) is 30.5 Å². The Morgan fingerprint density at radius 2 is 1.85 bits per heavy atom. The van der Waals surface area contributed by atoms with Crippen LogP contribution in [0.2, 0.25) is 0 Å². The first-order valence-corrected chi connectivity index (χ1v) is 8.79. The van der Waals surface area contributed by atoms with E-state index in [9.17, 15) is 14.0 Å². The number of amides is 2. The fraction of sp³-hybridized carbons (Fsp3) is 0.444. The summed E-state index contributed by atoms with van der Waals surface area (Å²) in [5, 5.41) is 9.13. The maximum Gasteiger partial charge on any atom is 0.315 e. The molecule has 0 spiro atoms. The molecule has 2 aromatic rings. The Bertz CT molecular complexity index is 771. The summed E-state index contributed by atoms with van der Waals surface area (Å²) in [5.74, 6) is -0.567. The Labute approximate surface area is 150 Å². The number of benzene rings is 1. The zero-order chi connectivity index (χ0) is 18.4. The SMILES string of the molecule is O=C(NCCNC(=O)c1nc(C2CCCCC2)no1)c1cccc(F)c1. The van der Waals surface area contributed by atoms with E-state index in [4.69, 9.17) is 4.52 Å². The number of nitrogens with one attached hydrogen (secondary N) is 2. The lowest BCUT2D eigenvalue weighted by molar-refractivity contribution is 0.0898. The van der Waals surface area contributed by atoms with Crippen molar-refractivity contribution in [2.24, 2.45) is 0 Å². The quantitative estimate of drug-likeness (QED) is 0.771. The second-order valence-corrected chi connectivity index (χ2v) is 6.31. The smallest absolute Gasteiger partial charge is 0.315 e. The van der Waals surface area contributed by atoms with Crippen molar-refractivity contribution < 1.29 is 18.5 Å². The van der Waals surface area contributed by atoms with Crippen molar-refractivity contribution in [2.75, 3.05) is 13.1 Å². The Hall–Kier alpha value is -2.77. The minimum Gasteiger partial charge on any atom is -0.350 e. The number of hydrogen-bond acceptors (Lipinski definition) is 5. The van der Waals surface area contributed by atoms with Crippen LogP contribution in [0.4, 0.5) is 4.39 Å². The second kappa shape index (κ2) is 8.55. The van der Waals surface area contributed by atoms with Gasteiger partial charge in [0.1, 0.15) is 5.82 Å². The molecule has 0 saturated heterocycles. The highest BCUT2D eigenvalue weighted by Crippen LogP contribution is 2.30. The summed E-state index contributed by atoms with van der Waals surface area (Å²) < 4.78 is 18.1. The number of nitrogens with zero attached hydrogens (tertiary/aromatic N) is 2. The Kier molecular flexibility index (Phi) is 5.93. The summed E-state index contributed by atoms with van der Waals surface area (Å²) in [5.41, 5.74) is 0.227. The van der Waals surface area contributed by atoms with E-state index < -0.39 is 17.6 Å². The average Bonchev–Trinajstić information content (AvgIpc) is 3.16. The number of aromatic nitrogens is 2. The molecule has 2 N–H and O–H groups in total. The molecule has 1 aromatic carbocycles. The van der Waals surface area contributed by atoms with Crippen LogP contribution in [0.1, 0.15) is 64.9 Å². The van der Waals surface area contributed by atoms with E-state index in [0.29, 0.717) is 5.82 Å². The largest absolute Gasteiger partial charge is 0.350 e. The number of carbonyl (C=O) groups is 2. The molecule has 0 aliphatic heterocycles. The molecule has 26 heavy (non-hydrogen) atoms. The molecule has 8 heteroatoms. The molecule has 1 aromatic heterocycles. The third kappa shape index (κ3) is 4.65. The molecule has 2 amide bonds. The molecule has 138 valence electrons. The van der Waals surface area contributed by atoms with E-state index in [0.717, 1.165) is 31.7 Å². The van der Waals surface area contributed by atoms with Crippen LogP contribution in [0, 0.1) is 5.82 Å². The van der Waals surface area contributed by atoms with Gasteiger partial charge in [-0.15, -0.1) is 0 Å². The van der Waals surface area contributed by atoms with Crippen LogP contribution in [0.3, 0.4) is 0 Å². The highest BCUT2D eigenvalue weighted by atomic mass is 19.1. The highest BCUT2D eigenvalue weighted by Gasteiger charge is 2.23. The number of hydrogen-bond donors (Lipinski definition) is 2. The van der Waals surface area contributed by atoms with Crippen molar-refractivity contribution in [3.63, 3.8) is 0 Å². The van der Waals surface area contributed by atoms with Gasteiger partial charge in [-0.3, -0.25) is 9.59 Å². The van der Waals surface area contributed by atoms with Crippen LogP contribution in [-0.4, -0.2) is 35.0 Å². The van der Waals surface area contributed by atoms with Gasteiger partial charge in [0.2, 0.25) is 0 Å². The third-order valence-electron chi connectivity index (χ3n) is 4.39. The molecule has 1 fully saturated rings. The number of rotatable bonds is 6. The van der Waals surface area contributed by atoms with Gasteiger partial charge in [0, 0.05) is 24.6 Å². The number of halogens is 1. The van der Waals surface area contributed by atoms with E-state index >= 15 is 0 Å². The van der Waals surface area contributed by atoms with Crippen LogP contribution >= 0.6 is 0 Å². The van der Waals surface area contributed by atoms with Crippen molar-refractivity contribution in [1.29, 1.82) is 0 Å². The summed E-state index contributed by atoms with van der Waals surface area (Å²) >= 11 is 0. The average molecular weight is 360 g/mol. The minimum atomic E-state index is -0.476. The van der Waals surface area contributed by atoms with Crippen LogP contribution < -0.4 is 10.6 Å². The van der Waals surface area contributed by atoms with Crippen molar-refractivity contribution in [3.05, 3.63) is 47.4 Å². The zero-order valence-electron chi connectivity index (χ0n) is 14.3. The fourth-order valence-electron chi connectivity index (χ4n) is 3.01. The minimum absolute atomic E-state index is 0.0676. The lowest BCUT2D eigenvalue weighted by Crippen LogP contribution is -2.34. The van der Waals surface area contributed by atoms with E-state index in [1.54, 1.807) is 0 Å². The first-order valence-electron chi connectivity index (χ1n) is 8.79. The maximum atomic E-state index is 13.1. The van der Waals surface area contributed by atoms with E-state index in [2.05, 4.69) is 20.8 Å². The molecular weight excluding hydrogens is 339 g/mol. The fourth-order valence-corrected chi connectivity index (χ4v) is 3.01. The van der Waals surface area contributed by atoms with Crippen molar-refractivity contribution in [1.82, 2.24) is 20.8 Å². The van der Waals surface area contributed by atoms with Crippen LogP contribution in [0.25, 0.3) is 0 Å². The predicted octanol–water partition coefficient (Wildman–Crippen LogP) is 2.42. The first-order chi connectivity index (χ1) is 12.6. The van der Waals surface area contributed by atoms with Crippen molar-refractivity contribution in [2.45, 2.75) is 38.0 Å². The molecule has 1 aliphatic carbocycles. The first kappa shape index (κ1) is 18.0. The van der Waals surface area contributed by atoms with Gasteiger partial charge >= 0.3 is 11.8 Å². The van der Waals surface area contributed by atoms with E-state index in [1.807, 2.05) is 0 Å². The van der Waals surface area contributed by atoms with Crippen molar-refractivity contribution in [3.8, 4) is 0 Å². The van der Waals surface area contributed by atoms with E-state index in [-0.39, 0.29) is 30.5 Å². The molecule has 1 aliphatic rings. The standard InChI is InChI=1S/C18H21FN4O3/c19-14-8-4-7-13(11-14)16(24)20-9-10-21-17(25)18-22-15(23-26-18)12-5-2-1-3-6-12/h4,7-8,11-12H,1-3,5-6,9-10H2,(H,20,24)(H,21,25). The summed E-state index contributed by atoms with van der Waals surface area (Å²) in [4.78, 5) is 28.1. The van der Waals surface area contributed by atoms with Crippen LogP contribution in [-0.2, 0) is 0 Å². The van der Waals surface area contributed by atoms with Gasteiger partial charge in [0.25, 0.3) is 5.91 Å². The second-order valence-electron chi connectivity index (χ2n) is 6.31. The van der Waals surface area contributed by atoms with Crippen LogP contribution in [0.15, 0.2) is 28.8 Å². The molecular formula is C18H21FN4O3. The lowest BCUT2D eigenvalue weighted by Gasteiger charge is -2.17.